The van der Waals surface area contributed by atoms with E-state index in [4.69, 9.17) is 9.98 Å². The van der Waals surface area contributed by atoms with E-state index < -0.39 is 0 Å². The van der Waals surface area contributed by atoms with Gasteiger partial charge in [0.15, 0.2) is 0 Å². The number of hydrogen-bond acceptors (Lipinski definition) is 3. The van der Waals surface area contributed by atoms with Crippen molar-refractivity contribution in [2.75, 3.05) is 0 Å². The summed E-state index contributed by atoms with van der Waals surface area (Å²) < 4.78 is 0. The van der Waals surface area contributed by atoms with Gasteiger partial charge in [0.25, 0.3) is 0 Å². The molecular weight excluding hydrogens is 306 g/mol. The molecule has 3 nitrogen and oxygen atoms in total. The van der Waals surface area contributed by atoms with Gasteiger partial charge in [0.05, 0.1) is 16.7 Å². The fraction of sp³-hybridized carbons (Fsp3) is 0.136. The highest BCUT2D eigenvalue weighted by atomic mass is 14.8. The Bertz CT molecular complexity index is 1130. The van der Waals surface area contributed by atoms with Crippen LogP contribution in [0.25, 0.3) is 21.8 Å². The van der Waals surface area contributed by atoms with Crippen molar-refractivity contribution in [3.05, 3.63) is 78.1 Å². The van der Waals surface area contributed by atoms with Gasteiger partial charge < -0.3 is 0 Å². The molecule has 0 unspecified atom stereocenters. The average molecular weight is 323 g/mol. The van der Waals surface area contributed by atoms with Crippen LogP contribution in [-0.2, 0) is 12.8 Å². The molecule has 0 aliphatic carbocycles. The summed E-state index contributed by atoms with van der Waals surface area (Å²) in [4.78, 5) is 14.1. The van der Waals surface area contributed by atoms with Crippen molar-refractivity contribution in [3.63, 3.8) is 0 Å². The Balaban J connectivity index is 1.40. The normalized spacial score (nSPS) is 13.2. The third kappa shape index (κ3) is 2.58. The molecule has 120 valence electrons. The zero-order chi connectivity index (χ0) is 16.6. The Morgan fingerprint density at radius 1 is 0.800 bits per heavy atom. The van der Waals surface area contributed by atoms with Crippen LogP contribution < -0.4 is 0 Å². The summed E-state index contributed by atoms with van der Waals surface area (Å²) in [5.74, 6) is 0. The second kappa shape index (κ2) is 5.78. The van der Waals surface area contributed by atoms with Crippen LogP contribution in [0.4, 0.5) is 5.69 Å². The number of para-hydroxylation sites is 1. The van der Waals surface area contributed by atoms with E-state index in [1.54, 1.807) is 0 Å². The van der Waals surface area contributed by atoms with E-state index in [1.807, 2.05) is 24.4 Å². The highest BCUT2D eigenvalue weighted by Crippen LogP contribution is 2.34. The first-order valence-corrected chi connectivity index (χ1v) is 8.64. The Hall–Kier alpha value is -3.07. The van der Waals surface area contributed by atoms with Crippen molar-refractivity contribution >= 4 is 33.2 Å². The lowest BCUT2D eigenvalue weighted by Crippen LogP contribution is -2.01. The second-order valence-electron chi connectivity index (χ2n) is 6.49. The number of nitrogens with zero attached hydrogens (tertiary/aromatic N) is 3. The van der Waals surface area contributed by atoms with Gasteiger partial charge >= 0.3 is 0 Å². The van der Waals surface area contributed by atoms with E-state index in [1.165, 1.54) is 16.7 Å². The molecule has 5 rings (SSSR count). The van der Waals surface area contributed by atoms with Gasteiger partial charge in [-0.3, -0.25) is 15.0 Å². The van der Waals surface area contributed by atoms with Gasteiger partial charge in [0, 0.05) is 34.8 Å². The van der Waals surface area contributed by atoms with Crippen molar-refractivity contribution in [1.82, 2.24) is 9.97 Å². The second-order valence-corrected chi connectivity index (χ2v) is 6.49. The Morgan fingerprint density at radius 3 is 2.76 bits per heavy atom. The van der Waals surface area contributed by atoms with Crippen LogP contribution in [0.5, 0.6) is 0 Å². The molecule has 0 fully saturated rings. The van der Waals surface area contributed by atoms with Gasteiger partial charge in [-0.25, -0.2) is 0 Å². The number of hydrogen-bond donors (Lipinski definition) is 0. The fourth-order valence-corrected chi connectivity index (χ4v) is 3.54. The number of aliphatic imine (C=N–C) groups is 1. The fourth-order valence-electron chi connectivity index (χ4n) is 3.54. The molecule has 0 spiro atoms. The standard InChI is InChI=1S/C22H17N3/c1-2-6-20-15(4-1)7-9-17(24-20)10-11-18-14-16-8-12-21-19(22(16)25-18)5-3-13-23-21/h1-9,12-13H,10-11,14H2. The molecule has 3 heterocycles. The zero-order valence-electron chi connectivity index (χ0n) is 13.8. The third-order valence-electron chi connectivity index (χ3n) is 4.83. The topological polar surface area (TPSA) is 38.1 Å². The lowest BCUT2D eigenvalue weighted by atomic mass is 10.0. The number of pyridine rings is 2. The SMILES string of the molecule is c1ccc2nc(CCC3=Nc4c(ccc5ncccc45)C3)ccc2c1. The Labute approximate surface area is 146 Å². The summed E-state index contributed by atoms with van der Waals surface area (Å²) >= 11 is 0. The third-order valence-corrected chi connectivity index (χ3v) is 4.83. The molecular formula is C22H17N3. The molecule has 3 heteroatoms. The van der Waals surface area contributed by atoms with Crippen LogP contribution in [0.3, 0.4) is 0 Å². The molecule has 0 saturated carbocycles. The van der Waals surface area contributed by atoms with Crippen molar-refractivity contribution in [2.24, 2.45) is 4.99 Å². The minimum atomic E-state index is 0.924. The number of fused-ring (bicyclic) bond motifs is 4. The van der Waals surface area contributed by atoms with E-state index in [9.17, 15) is 0 Å². The molecule has 0 bridgehead atoms. The zero-order valence-corrected chi connectivity index (χ0v) is 13.8. The molecule has 0 radical (unpaired) electrons. The summed E-state index contributed by atoms with van der Waals surface area (Å²) in [6.07, 6.45) is 4.64. The molecule has 0 N–H and O–H groups in total. The maximum atomic E-state index is 4.91. The number of aromatic nitrogens is 2. The molecule has 0 atom stereocenters. The van der Waals surface area contributed by atoms with E-state index in [2.05, 4.69) is 47.4 Å². The number of rotatable bonds is 3. The maximum Gasteiger partial charge on any atom is 0.0758 e. The van der Waals surface area contributed by atoms with Crippen LogP contribution >= 0.6 is 0 Å². The van der Waals surface area contributed by atoms with Crippen LogP contribution in [0.15, 0.2) is 71.9 Å². The monoisotopic (exact) mass is 323 g/mol. The van der Waals surface area contributed by atoms with Crippen molar-refractivity contribution in [3.8, 4) is 0 Å². The molecule has 2 aromatic heterocycles. The van der Waals surface area contributed by atoms with Gasteiger partial charge in [0.1, 0.15) is 0 Å². The van der Waals surface area contributed by atoms with Gasteiger partial charge in [-0.15, -0.1) is 0 Å². The minimum absolute atomic E-state index is 0.924. The molecule has 1 aliphatic rings. The van der Waals surface area contributed by atoms with Gasteiger partial charge in [-0.1, -0.05) is 30.3 Å². The van der Waals surface area contributed by atoms with Gasteiger partial charge in [-0.05, 0) is 48.7 Å². The first kappa shape index (κ1) is 14.3. The van der Waals surface area contributed by atoms with Crippen LogP contribution in [0.1, 0.15) is 17.7 Å². The lowest BCUT2D eigenvalue weighted by molar-refractivity contribution is 0.974. The highest BCUT2D eigenvalue weighted by molar-refractivity contribution is 6.02. The summed E-state index contributed by atoms with van der Waals surface area (Å²) in [7, 11) is 0. The van der Waals surface area contributed by atoms with Crippen molar-refractivity contribution < 1.29 is 0 Å². The van der Waals surface area contributed by atoms with Crippen molar-refractivity contribution in [1.29, 1.82) is 0 Å². The Morgan fingerprint density at radius 2 is 1.76 bits per heavy atom. The largest absolute Gasteiger partial charge is 0.256 e. The molecule has 4 aromatic rings. The summed E-state index contributed by atoms with van der Waals surface area (Å²) in [6, 6.07) is 20.9. The van der Waals surface area contributed by atoms with E-state index in [0.717, 1.165) is 47.1 Å². The maximum absolute atomic E-state index is 4.91. The average Bonchev–Trinajstić information content (AvgIpc) is 3.10. The van der Waals surface area contributed by atoms with Crippen LogP contribution in [0.2, 0.25) is 0 Å². The van der Waals surface area contributed by atoms with E-state index >= 15 is 0 Å². The lowest BCUT2D eigenvalue weighted by Gasteiger charge is -2.03. The quantitative estimate of drug-likeness (QED) is 0.529. The summed E-state index contributed by atoms with van der Waals surface area (Å²) in [5, 5.41) is 2.34. The molecule has 1 aliphatic heterocycles. The molecule has 2 aromatic carbocycles. The van der Waals surface area contributed by atoms with Gasteiger partial charge in [0.2, 0.25) is 0 Å². The number of aryl methyl sites for hydroxylation is 1. The first-order valence-electron chi connectivity index (χ1n) is 8.64. The van der Waals surface area contributed by atoms with Crippen LogP contribution in [0, 0.1) is 0 Å². The highest BCUT2D eigenvalue weighted by Gasteiger charge is 2.17. The van der Waals surface area contributed by atoms with Gasteiger partial charge in [-0.2, -0.15) is 0 Å². The van der Waals surface area contributed by atoms with E-state index in [0.29, 0.717) is 0 Å². The minimum Gasteiger partial charge on any atom is -0.256 e. The van der Waals surface area contributed by atoms with Crippen LogP contribution in [-0.4, -0.2) is 15.7 Å². The predicted molar refractivity (Wildman–Crippen MR) is 103 cm³/mol. The molecule has 0 amide bonds. The summed E-state index contributed by atoms with van der Waals surface area (Å²) in [5.41, 5.74) is 6.86. The molecule has 25 heavy (non-hydrogen) atoms. The van der Waals surface area contributed by atoms with E-state index in [-0.39, 0.29) is 0 Å². The summed E-state index contributed by atoms with van der Waals surface area (Å²) in [6.45, 7) is 0. The Kier molecular flexibility index (Phi) is 3.30. The predicted octanol–water partition coefficient (Wildman–Crippen LogP) is 5.04. The number of benzene rings is 2. The smallest absolute Gasteiger partial charge is 0.0758 e. The van der Waals surface area contributed by atoms with Crippen molar-refractivity contribution in [2.45, 2.75) is 19.3 Å². The first-order chi connectivity index (χ1) is 12.4. The molecule has 0 saturated heterocycles.